The van der Waals surface area contributed by atoms with E-state index in [-0.39, 0.29) is 12.8 Å². The summed E-state index contributed by atoms with van der Waals surface area (Å²) in [5, 5.41) is 18.1. The number of carbonyl (C=O) groups is 1. The number of aromatic hydroxyl groups is 1. The lowest BCUT2D eigenvalue weighted by Gasteiger charge is -2.38. The van der Waals surface area contributed by atoms with Gasteiger partial charge in [0.25, 0.3) is 0 Å². The third kappa shape index (κ3) is 1.57. The van der Waals surface area contributed by atoms with E-state index < -0.39 is 39.4 Å². The van der Waals surface area contributed by atoms with Crippen molar-refractivity contribution in [2.24, 2.45) is 0 Å². The molecule has 1 aliphatic rings. The zero-order valence-corrected chi connectivity index (χ0v) is 9.39. The first-order valence-electron chi connectivity index (χ1n) is 5.00. The van der Waals surface area contributed by atoms with Crippen LogP contribution in [0.3, 0.4) is 0 Å². The van der Waals surface area contributed by atoms with Crippen LogP contribution in [0.5, 0.6) is 5.75 Å². The summed E-state index contributed by atoms with van der Waals surface area (Å²) in [5.74, 6) is -4.42. The Balaban J connectivity index is 2.70. The molecule has 1 aromatic rings. The summed E-state index contributed by atoms with van der Waals surface area (Å²) in [4.78, 5) is 11.2. The highest BCUT2D eigenvalue weighted by molar-refractivity contribution is 6.30. The van der Waals surface area contributed by atoms with Gasteiger partial charge in [-0.2, -0.15) is 0 Å². The zero-order chi connectivity index (χ0) is 12.8. The highest BCUT2D eigenvalue weighted by Gasteiger charge is 2.50. The largest absolute Gasteiger partial charge is 0.505 e. The summed E-state index contributed by atoms with van der Waals surface area (Å²) in [5.41, 5.74) is -2.10. The Kier molecular flexibility index (Phi) is 2.73. The lowest BCUT2D eigenvalue weighted by Crippen LogP contribution is -2.43. The number of aliphatic carboxylic acids is 1. The van der Waals surface area contributed by atoms with E-state index in [2.05, 4.69) is 0 Å². The lowest BCUT2D eigenvalue weighted by molar-refractivity contribution is -0.147. The molecule has 92 valence electrons. The van der Waals surface area contributed by atoms with Crippen molar-refractivity contribution >= 4 is 17.6 Å². The van der Waals surface area contributed by atoms with Gasteiger partial charge in [0, 0.05) is 0 Å². The minimum atomic E-state index is -1.56. The number of phenols is 1. The van der Waals surface area contributed by atoms with Crippen LogP contribution in [0.15, 0.2) is 6.07 Å². The third-order valence-corrected chi connectivity index (χ3v) is 3.52. The normalized spacial score (nSPS) is 17.6. The molecule has 3 nitrogen and oxygen atoms in total. The number of halogens is 3. The molecule has 0 heterocycles. The van der Waals surface area contributed by atoms with E-state index in [1.165, 1.54) is 0 Å². The average molecular weight is 263 g/mol. The number of rotatable bonds is 2. The van der Waals surface area contributed by atoms with Gasteiger partial charge in [-0.3, -0.25) is 4.79 Å². The van der Waals surface area contributed by atoms with Gasteiger partial charge in [0.15, 0.2) is 11.6 Å². The molecule has 0 aliphatic heterocycles. The Morgan fingerprint density at radius 1 is 1.41 bits per heavy atom. The van der Waals surface area contributed by atoms with Crippen LogP contribution in [0.25, 0.3) is 0 Å². The fourth-order valence-electron chi connectivity index (χ4n) is 2.12. The van der Waals surface area contributed by atoms with Gasteiger partial charge in [0.1, 0.15) is 5.82 Å². The SMILES string of the molecule is O=C(O)C1(c2c(O)c(F)cc(Cl)c2F)CCC1. The Bertz CT molecular complexity index is 472. The van der Waals surface area contributed by atoms with Crippen molar-refractivity contribution in [2.45, 2.75) is 24.7 Å². The number of carboxylic acids is 1. The van der Waals surface area contributed by atoms with Gasteiger partial charge in [-0.25, -0.2) is 8.78 Å². The molecule has 1 aliphatic carbocycles. The Morgan fingerprint density at radius 2 is 2.00 bits per heavy atom. The predicted octanol–water partition coefficient (Wildman–Crippen LogP) is 2.83. The summed E-state index contributed by atoms with van der Waals surface area (Å²) < 4.78 is 27.1. The summed E-state index contributed by atoms with van der Waals surface area (Å²) in [6, 6.07) is 0.629. The lowest BCUT2D eigenvalue weighted by atomic mass is 9.64. The number of phenolic OH excluding ortho intramolecular Hbond substituents is 1. The van der Waals surface area contributed by atoms with Crippen molar-refractivity contribution in [1.29, 1.82) is 0 Å². The predicted molar refractivity (Wildman–Crippen MR) is 56.2 cm³/mol. The van der Waals surface area contributed by atoms with E-state index >= 15 is 0 Å². The molecule has 0 amide bonds. The Labute approximate surface area is 101 Å². The van der Waals surface area contributed by atoms with E-state index in [4.69, 9.17) is 16.7 Å². The fourth-order valence-corrected chi connectivity index (χ4v) is 2.31. The van der Waals surface area contributed by atoms with Gasteiger partial charge < -0.3 is 10.2 Å². The van der Waals surface area contributed by atoms with Crippen LogP contribution in [0.4, 0.5) is 8.78 Å². The molecule has 0 atom stereocenters. The minimum Gasteiger partial charge on any atom is -0.505 e. The molecular formula is C11H9ClF2O3. The average Bonchev–Trinajstić information content (AvgIpc) is 2.18. The van der Waals surface area contributed by atoms with Crippen LogP contribution in [0, 0.1) is 11.6 Å². The first-order valence-corrected chi connectivity index (χ1v) is 5.38. The van der Waals surface area contributed by atoms with Crippen LogP contribution in [0.2, 0.25) is 5.02 Å². The van der Waals surface area contributed by atoms with Gasteiger partial charge in [-0.1, -0.05) is 18.0 Å². The molecule has 2 N–H and O–H groups in total. The van der Waals surface area contributed by atoms with Crippen molar-refractivity contribution < 1.29 is 23.8 Å². The van der Waals surface area contributed by atoms with Gasteiger partial charge >= 0.3 is 5.97 Å². The number of hydrogen-bond donors (Lipinski definition) is 2. The molecule has 2 rings (SSSR count). The molecule has 6 heteroatoms. The summed E-state index contributed by atoms with van der Waals surface area (Å²) in [7, 11) is 0. The van der Waals surface area contributed by atoms with E-state index in [9.17, 15) is 18.7 Å². The van der Waals surface area contributed by atoms with Gasteiger partial charge in [0.2, 0.25) is 0 Å². The number of benzene rings is 1. The number of carboxylic acid groups (broad SMARTS) is 1. The monoisotopic (exact) mass is 262 g/mol. The smallest absolute Gasteiger partial charge is 0.314 e. The fraction of sp³-hybridized carbons (Fsp3) is 0.364. The summed E-state index contributed by atoms with van der Waals surface area (Å²) >= 11 is 5.46. The van der Waals surface area contributed by atoms with Crippen LogP contribution >= 0.6 is 11.6 Å². The standard InChI is InChI=1S/C11H9ClF2O3/c12-5-4-6(13)9(15)7(8(5)14)11(10(16)17)2-1-3-11/h4,15H,1-3H2,(H,16,17). The maximum absolute atomic E-state index is 13.8. The van der Waals surface area contributed by atoms with Crippen molar-refractivity contribution in [3.05, 3.63) is 28.3 Å². The van der Waals surface area contributed by atoms with E-state index in [1.54, 1.807) is 0 Å². The molecule has 17 heavy (non-hydrogen) atoms. The second-order valence-electron chi connectivity index (χ2n) is 4.12. The van der Waals surface area contributed by atoms with Crippen LogP contribution in [0.1, 0.15) is 24.8 Å². The van der Waals surface area contributed by atoms with Crippen LogP contribution < -0.4 is 0 Å². The molecule has 1 saturated carbocycles. The van der Waals surface area contributed by atoms with Crippen LogP contribution in [-0.2, 0) is 10.2 Å². The molecule has 0 bridgehead atoms. The van der Waals surface area contributed by atoms with Gasteiger partial charge in [-0.05, 0) is 18.9 Å². The van der Waals surface area contributed by atoms with E-state index in [1.807, 2.05) is 0 Å². The number of hydrogen-bond acceptors (Lipinski definition) is 2. The summed E-state index contributed by atoms with van der Waals surface area (Å²) in [6.07, 6.45) is 0.901. The molecule has 0 unspecified atom stereocenters. The highest BCUT2D eigenvalue weighted by atomic mass is 35.5. The second kappa shape index (κ2) is 3.84. The Morgan fingerprint density at radius 3 is 2.41 bits per heavy atom. The summed E-state index contributed by atoms with van der Waals surface area (Å²) in [6.45, 7) is 0. The highest BCUT2D eigenvalue weighted by Crippen LogP contribution is 2.49. The molecular weight excluding hydrogens is 254 g/mol. The van der Waals surface area contributed by atoms with Crippen molar-refractivity contribution in [2.75, 3.05) is 0 Å². The topological polar surface area (TPSA) is 57.5 Å². The third-order valence-electron chi connectivity index (χ3n) is 3.24. The van der Waals surface area contributed by atoms with Crippen molar-refractivity contribution in [1.82, 2.24) is 0 Å². The first-order chi connectivity index (χ1) is 7.90. The maximum Gasteiger partial charge on any atom is 0.314 e. The van der Waals surface area contributed by atoms with Crippen molar-refractivity contribution in [3.63, 3.8) is 0 Å². The first kappa shape index (κ1) is 12.1. The molecule has 1 aromatic carbocycles. The molecule has 1 fully saturated rings. The molecule has 0 saturated heterocycles. The second-order valence-corrected chi connectivity index (χ2v) is 4.53. The minimum absolute atomic E-state index is 0.159. The Hall–Kier alpha value is -1.36. The molecule has 0 aromatic heterocycles. The maximum atomic E-state index is 13.8. The van der Waals surface area contributed by atoms with Crippen LogP contribution in [-0.4, -0.2) is 16.2 Å². The van der Waals surface area contributed by atoms with E-state index in [0.29, 0.717) is 12.5 Å². The van der Waals surface area contributed by atoms with Gasteiger partial charge in [0.05, 0.1) is 16.0 Å². The van der Waals surface area contributed by atoms with Gasteiger partial charge in [-0.15, -0.1) is 0 Å². The molecule has 0 spiro atoms. The molecule has 0 radical (unpaired) electrons. The van der Waals surface area contributed by atoms with Crippen molar-refractivity contribution in [3.8, 4) is 5.75 Å². The zero-order valence-electron chi connectivity index (χ0n) is 8.64. The quantitative estimate of drug-likeness (QED) is 0.806. The van der Waals surface area contributed by atoms with E-state index in [0.717, 1.165) is 0 Å².